The third kappa shape index (κ3) is 4.95. The molecule has 2 amide bonds. The normalized spacial score (nSPS) is 13.4. The molecule has 0 bridgehead atoms. The van der Waals surface area contributed by atoms with Crippen molar-refractivity contribution in [3.8, 4) is 11.3 Å². The Morgan fingerprint density at radius 2 is 2.10 bits per heavy atom. The summed E-state index contributed by atoms with van der Waals surface area (Å²) in [6.45, 7) is 1.82. The van der Waals surface area contributed by atoms with E-state index in [0.29, 0.717) is 10.8 Å². The second-order valence-corrected chi connectivity index (χ2v) is 6.97. The maximum absolute atomic E-state index is 11.8. The maximum Gasteiger partial charge on any atom is 0.320 e. The summed E-state index contributed by atoms with van der Waals surface area (Å²) in [5, 5.41) is 6.16. The van der Waals surface area contributed by atoms with E-state index in [1.165, 1.54) is 11.5 Å². The number of carbonyl (C=O) groups excluding carboxylic acids is 1. The molecule has 0 spiro atoms. The molecule has 0 saturated carbocycles. The lowest BCUT2D eigenvalue weighted by Crippen LogP contribution is -2.38. The van der Waals surface area contributed by atoms with Gasteiger partial charge in [-0.25, -0.2) is 4.79 Å². The quantitative estimate of drug-likeness (QED) is 0.889. The van der Waals surface area contributed by atoms with Gasteiger partial charge in [0.1, 0.15) is 5.00 Å². The Balaban J connectivity index is 1.93. The van der Waals surface area contributed by atoms with Crippen molar-refractivity contribution in [3.63, 3.8) is 0 Å². The fourth-order valence-electron chi connectivity index (χ4n) is 1.84. The van der Waals surface area contributed by atoms with E-state index in [4.69, 9.17) is 0 Å². The molecule has 1 aromatic heterocycles. The fraction of sp³-hybridized carbons (Fsp3) is 0.286. The largest absolute Gasteiger partial charge is 0.334 e. The Hall–Kier alpha value is -1.73. The summed E-state index contributed by atoms with van der Waals surface area (Å²) >= 11 is 1.23. The van der Waals surface area contributed by atoms with Gasteiger partial charge in [-0.1, -0.05) is 30.3 Å². The average molecular weight is 323 g/mol. The van der Waals surface area contributed by atoms with Gasteiger partial charge in [0.15, 0.2) is 0 Å². The van der Waals surface area contributed by atoms with Crippen molar-refractivity contribution in [1.29, 1.82) is 0 Å². The lowest BCUT2D eigenvalue weighted by Gasteiger charge is -2.12. The minimum atomic E-state index is -0.932. The third-order valence-electron chi connectivity index (χ3n) is 2.68. The predicted molar refractivity (Wildman–Crippen MR) is 88.1 cm³/mol. The number of rotatable bonds is 5. The highest BCUT2D eigenvalue weighted by Crippen LogP contribution is 2.24. The minimum Gasteiger partial charge on any atom is -0.334 e. The molecule has 1 aromatic carbocycles. The monoisotopic (exact) mass is 323 g/mol. The maximum atomic E-state index is 11.8. The Labute approximate surface area is 130 Å². The van der Waals surface area contributed by atoms with Crippen LogP contribution < -0.4 is 10.6 Å². The fourth-order valence-corrected chi connectivity index (χ4v) is 3.29. The van der Waals surface area contributed by atoms with Crippen LogP contribution in [-0.4, -0.2) is 32.7 Å². The zero-order valence-electron chi connectivity index (χ0n) is 11.8. The molecule has 0 saturated heterocycles. The molecule has 2 N–H and O–H groups in total. The molecule has 0 unspecified atom stereocenters. The second kappa shape index (κ2) is 7.33. The lowest BCUT2D eigenvalue weighted by molar-refractivity contribution is 0.250. The molecule has 2 aromatic rings. The van der Waals surface area contributed by atoms with Crippen molar-refractivity contribution >= 4 is 33.4 Å². The summed E-state index contributed by atoms with van der Waals surface area (Å²) in [7, 11) is -0.932. The first-order valence-electron chi connectivity index (χ1n) is 6.44. The van der Waals surface area contributed by atoms with E-state index >= 15 is 0 Å². The second-order valence-electron chi connectivity index (χ2n) is 4.68. The highest BCUT2D eigenvalue weighted by atomic mass is 32.2. The first-order valence-corrected chi connectivity index (χ1v) is 8.94. The molecule has 21 heavy (non-hydrogen) atoms. The van der Waals surface area contributed by atoms with E-state index in [1.807, 2.05) is 43.3 Å². The molecule has 0 aliphatic carbocycles. The van der Waals surface area contributed by atoms with Crippen molar-refractivity contribution in [1.82, 2.24) is 9.69 Å². The summed E-state index contributed by atoms with van der Waals surface area (Å²) in [4.78, 5) is 11.8. The van der Waals surface area contributed by atoms with Gasteiger partial charge in [-0.05, 0) is 18.5 Å². The summed E-state index contributed by atoms with van der Waals surface area (Å²) < 4.78 is 15.4. The molecule has 7 heteroatoms. The van der Waals surface area contributed by atoms with E-state index < -0.39 is 10.8 Å². The molecule has 0 fully saturated rings. The minimum absolute atomic E-state index is 0.141. The van der Waals surface area contributed by atoms with Gasteiger partial charge in [-0.2, -0.15) is 4.37 Å². The van der Waals surface area contributed by atoms with Gasteiger partial charge >= 0.3 is 6.03 Å². The van der Waals surface area contributed by atoms with E-state index in [-0.39, 0.29) is 12.1 Å². The zero-order chi connectivity index (χ0) is 15.2. The number of carbonyl (C=O) groups is 1. The molecule has 1 heterocycles. The van der Waals surface area contributed by atoms with E-state index in [2.05, 4.69) is 15.0 Å². The molecular formula is C14H17N3O2S2. The molecule has 0 aliphatic rings. The van der Waals surface area contributed by atoms with Crippen LogP contribution in [0.4, 0.5) is 9.80 Å². The van der Waals surface area contributed by atoms with Crippen LogP contribution in [0.25, 0.3) is 11.3 Å². The number of aromatic nitrogens is 1. The van der Waals surface area contributed by atoms with Gasteiger partial charge in [0.2, 0.25) is 0 Å². The SMILES string of the molecule is C[C@H](C[S@](C)=O)NC(=O)Nc1cc(-c2ccccc2)ns1. The molecule has 5 nitrogen and oxygen atoms in total. The van der Waals surface area contributed by atoms with Crippen LogP contribution in [0, 0.1) is 0 Å². The standard InChI is InChI=1S/C14H17N3O2S2/c1-10(9-21(2)19)15-14(18)16-13-8-12(17-20-13)11-6-4-3-5-7-11/h3-8,10H,9H2,1-2H3,(H2,15,16,18)/t10-,21+/m1/s1. The van der Waals surface area contributed by atoms with Crippen LogP contribution in [-0.2, 0) is 10.8 Å². The lowest BCUT2D eigenvalue weighted by atomic mass is 10.2. The van der Waals surface area contributed by atoms with Crippen LogP contribution in [0.5, 0.6) is 0 Å². The number of nitrogens with zero attached hydrogens (tertiary/aromatic N) is 1. The first-order chi connectivity index (χ1) is 10.0. The number of anilines is 1. The van der Waals surface area contributed by atoms with Crippen LogP contribution in [0.15, 0.2) is 36.4 Å². The van der Waals surface area contributed by atoms with Gasteiger partial charge in [-0.15, -0.1) is 0 Å². The van der Waals surface area contributed by atoms with Gasteiger partial charge in [0, 0.05) is 40.5 Å². The van der Waals surface area contributed by atoms with Crippen LogP contribution in [0.2, 0.25) is 0 Å². The predicted octanol–water partition coefficient (Wildman–Crippen LogP) is 2.70. The third-order valence-corrected chi connectivity index (χ3v) is 4.35. The number of amides is 2. The highest BCUT2D eigenvalue weighted by Gasteiger charge is 2.11. The van der Waals surface area contributed by atoms with Gasteiger partial charge in [-0.3, -0.25) is 9.53 Å². The van der Waals surface area contributed by atoms with E-state index in [9.17, 15) is 9.00 Å². The number of nitrogens with one attached hydrogen (secondary N) is 2. The molecule has 0 radical (unpaired) electrons. The van der Waals surface area contributed by atoms with Gasteiger partial charge in [0.05, 0.1) is 5.69 Å². The van der Waals surface area contributed by atoms with Gasteiger partial charge < -0.3 is 5.32 Å². The van der Waals surface area contributed by atoms with E-state index in [0.717, 1.165) is 11.3 Å². The summed E-state index contributed by atoms with van der Waals surface area (Å²) in [6.07, 6.45) is 1.62. The zero-order valence-corrected chi connectivity index (χ0v) is 13.5. The van der Waals surface area contributed by atoms with Crippen LogP contribution in [0.3, 0.4) is 0 Å². The molecule has 0 aliphatic heterocycles. The number of hydrogen-bond acceptors (Lipinski definition) is 4. The Kier molecular flexibility index (Phi) is 5.46. The smallest absolute Gasteiger partial charge is 0.320 e. The van der Waals surface area contributed by atoms with Crippen molar-refractivity contribution in [2.45, 2.75) is 13.0 Å². The van der Waals surface area contributed by atoms with E-state index in [1.54, 1.807) is 6.26 Å². The molecule has 2 atom stereocenters. The number of hydrogen-bond donors (Lipinski definition) is 2. The molecule has 112 valence electrons. The van der Waals surface area contributed by atoms with Crippen LogP contribution >= 0.6 is 11.5 Å². The summed E-state index contributed by atoms with van der Waals surface area (Å²) in [5.41, 5.74) is 1.84. The average Bonchev–Trinajstić information content (AvgIpc) is 2.86. The van der Waals surface area contributed by atoms with Crippen molar-refractivity contribution in [2.24, 2.45) is 0 Å². The Morgan fingerprint density at radius 3 is 2.76 bits per heavy atom. The first kappa shape index (κ1) is 15.7. The summed E-state index contributed by atoms with van der Waals surface area (Å²) in [6, 6.07) is 11.2. The molecule has 2 rings (SSSR count). The number of benzene rings is 1. The highest BCUT2D eigenvalue weighted by molar-refractivity contribution is 7.84. The van der Waals surface area contributed by atoms with Crippen molar-refractivity contribution in [3.05, 3.63) is 36.4 Å². The van der Waals surface area contributed by atoms with Crippen molar-refractivity contribution < 1.29 is 9.00 Å². The molecular weight excluding hydrogens is 306 g/mol. The van der Waals surface area contributed by atoms with Crippen molar-refractivity contribution in [2.75, 3.05) is 17.3 Å². The topological polar surface area (TPSA) is 71.1 Å². The number of urea groups is 1. The Bertz CT molecular complexity index is 628. The van der Waals surface area contributed by atoms with Gasteiger partial charge in [0.25, 0.3) is 0 Å². The summed E-state index contributed by atoms with van der Waals surface area (Å²) in [5.74, 6) is 0.436. The Morgan fingerprint density at radius 1 is 1.38 bits per heavy atom. The van der Waals surface area contributed by atoms with Crippen LogP contribution in [0.1, 0.15) is 6.92 Å².